The van der Waals surface area contributed by atoms with Crippen LogP contribution in [0, 0.1) is 13.8 Å². The van der Waals surface area contributed by atoms with Crippen LogP contribution in [0.5, 0.6) is 0 Å². The molecule has 3 heterocycles. The van der Waals surface area contributed by atoms with Gasteiger partial charge in [0, 0.05) is 24.3 Å². The van der Waals surface area contributed by atoms with Crippen molar-refractivity contribution < 1.29 is 9.53 Å². The third kappa shape index (κ3) is 2.94. The average Bonchev–Trinajstić information content (AvgIpc) is 3.24. The van der Waals surface area contributed by atoms with Gasteiger partial charge < -0.3 is 9.64 Å². The smallest absolute Gasteiger partial charge is 0.258 e. The highest BCUT2D eigenvalue weighted by Crippen LogP contribution is 2.19. The number of aryl methyl sites for hydroxylation is 3. The quantitative estimate of drug-likeness (QED) is 0.794. The summed E-state index contributed by atoms with van der Waals surface area (Å²) < 4.78 is 8.46. The first kappa shape index (κ1) is 17.0. The second-order valence-corrected chi connectivity index (χ2v) is 6.91. The van der Waals surface area contributed by atoms with Crippen LogP contribution in [0.15, 0.2) is 10.9 Å². The lowest BCUT2D eigenvalue weighted by Gasteiger charge is -2.27. The summed E-state index contributed by atoms with van der Waals surface area (Å²) in [6.07, 6.45) is 2.45. The molecule has 0 N–H and O–H groups in total. The summed E-state index contributed by atoms with van der Waals surface area (Å²) in [5, 5.41) is 4.48. The Kier molecular flexibility index (Phi) is 4.36. The molecular formula is C18H23N5O3. The predicted molar refractivity (Wildman–Crippen MR) is 94.5 cm³/mol. The zero-order chi connectivity index (χ0) is 18.3. The van der Waals surface area contributed by atoms with Crippen LogP contribution in [-0.4, -0.2) is 56.4 Å². The van der Waals surface area contributed by atoms with Crippen molar-refractivity contribution in [3.05, 3.63) is 39.1 Å². The van der Waals surface area contributed by atoms with Crippen molar-refractivity contribution in [1.29, 1.82) is 0 Å². The van der Waals surface area contributed by atoms with Crippen molar-refractivity contribution in [1.82, 2.24) is 24.2 Å². The van der Waals surface area contributed by atoms with E-state index in [2.05, 4.69) is 5.10 Å². The summed E-state index contributed by atoms with van der Waals surface area (Å²) in [6, 6.07) is 1.94. The lowest BCUT2D eigenvalue weighted by molar-refractivity contribution is -0.135. The van der Waals surface area contributed by atoms with Gasteiger partial charge in [0.05, 0.1) is 24.6 Å². The van der Waals surface area contributed by atoms with Crippen LogP contribution in [-0.2, 0) is 28.9 Å². The molecule has 2 aromatic rings. The first-order chi connectivity index (χ1) is 12.5. The molecule has 0 unspecified atom stereocenters. The maximum absolute atomic E-state index is 13.1. The van der Waals surface area contributed by atoms with Gasteiger partial charge in [-0.2, -0.15) is 5.10 Å². The fourth-order valence-corrected chi connectivity index (χ4v) is 3.70. The van der Waals surface area contributed by atoms with Crippen molar-refractivity contribution >= 4 is 5.91 Å². The minimum absolute atomic E-state index is 0.0210. The molecule has 1 saturated heterocycles. The van der Waals surface area contributed by atoms with Gasteiger partial charge in [-0.3, -0.25) is 14.2 Å². The Morgan fingerprint density at radius 3 is 2.69 bits per heavy atom. The Hall–Kier alpha value is -2.48. The fraction of sp³-hybridized carbons (Fsp3) is 0.556. The molecule has 0 spiro atoms. The van der Waals surface area contributed by atoms with Gasteiger partial charge in [0.15, 0.2) is 0 Å². The van der Waals surface area contributed by atoms with Gasteiger partial charge in [-0.25, -0.2) is 9.67 Å². The number of ether oxygens (including phenoxy) is 1. The monoisotopic (exact) mass is 357 g/mol. The lowest BCUT2D eigenvalue weighted by atomic mass is 10.2. The van der Waals surface area contributed by atoms with Gasteiger partial charge in [0.25, 0.3) is 5.56 Å². The van der Waals surface area contributed by atoms with E-state index in [4.69, 9.17) is 9.72 Å². The summed E-state index contributed by atoms with van der Waals surface area (Å²) >= 11 is 0. The number of hydrogen-bond donors (Lipinski definition) is 0. The Morgan fingerprint density at radius 2 is 2.00 bits per heavy atom. The molecule has 0 radical (unpaired) electrons. The summed E-state index contributed by atoms with van der Waals surface area (Å²) in [4.78, 5) is 32.3. The molecule has 0 aromatic carbocycles. The zero-order valence-electron chi connectivity index (χ0n) is 15.2. The van der Waals surface area contributed by atoms with Gasteiger partial charge in [0.1, 0.15) is 6.54 Å². The van der Waals surface area contributed by atoms with Crippen LogP contribution in [0.1, 0.15) is 29.1 Å². The molecule has 0 bridgehead atoms. The molecule has 0 atom stereocenters. The highest BCUT2D eigenvalue weighted by molar-refractivity contribution is 5.76. The van der Waals surface area contributed by atoms with Crippen molar-refractivity contribution in [3.8, 4) is 5.95 Å². The van der Waals surface area contributed by atoms with E-state index >= 15 is 0 Å². The Labute approximate surface area is 151 Å². The van der Waals surface area contributed by atoms with Gasteiger partial charge in [0.2, 0.25) is 11.9 Å². The largest absolute Gasteiger partial charge is 0.378 e. The van der Waals surface area contributed by atoms with Crippen LogP contribution in [0.2, 0.25) is 0 Å². The molecule has 1 amide bonds. The molecule has 1 aliphatic heterocycles. The Bertz CT molecular complexity index is 908. The molecule has 0 saturated carbocycles. The second kappa shape index (κ2) is 6.68. The minimum atomic E-state index is -0.114. The lowest BCUT2D eigenvalue weighted by Crippen LogP contribution is -2.44. The number of carbonyl (C=O) groups is 1. The van der Waals surface area contributed by atoms with E-state index in [1.807, 2.05) is 19.9 Å². The van der Waals surface area contributed by atoms with Gasteiger partial charge in [-0.1, -0.05) is 0 Å². The van der Waals surface area contributed by atoms with Crippen LogP contribution < -0.4 is 5.56 Å². The summed E-state index contributed by atoms with van der Waals surface area (Å²) in [7, 11) is 0. The molecule has 4 rings (SSSR count). The van der Waals surface area contributed by atoms with Gasteiger partial charge in [-0.15, -0.1) is 0 Å². The summed E-state index contributed by atoms with van der Waals surface area (Å²) in [5.41, 5.74) is 3.21. The predicted octanol–water partition coefficient (Wildman–Crippen LogP) is 0.393. The average molecular weight is 357 g/mol. The number of morpholine rings is 1. The van der Waals surface area contributed by atoms with Crippen molar-refractivity contribution in [3.63, 3.8) is 0 Å². The van der Waals surface area contributed by atoms with Crippen molar-refractivity contribution in [2.24, 2.45) is 0 Å². The van der Waals surface area contributed by atoms with Gasteiger partial charge in [-0.05, 0) is 39.2 Å². The van der Waals surface area contributed by atoms with E-state index in [0.29, 0.717) is 32.3 Å². The van der Waals surface area contributed by atoms with Crippen LogP contribution in [0.4, 0.5) is 0 Å². The van der Waals surface area contributed by atoms with Crippen LogP contribution in [0.3, 0.4) is 0 Å². The summed E-state index contributed by atoms with van der Waals surface area (Å²) in [5.74, 6) is 0.348. The highest BCUT2D eigenvalue weighted by Gasteiger charge is 2.25. The summed E-state index contributed by atoms with van der Waals surface area (Å²) in [6.45, 7) is 5.99. The first-order valence-corrected chi connectivity index (χ1v) is 9.06. The molecule has 2 aliphatic rings. The van der Waals surface area contributed by atoms with E-state index in [1.54, 1.807) is 9.58 Å². The molecular weight excluding hydrogens is 334 g/mol. The number of aromatic nitrogens is 4. The van der Waals surface area contributed by atoms with E-state index in [0.717, 1.165) is 41.9 Å². The van der Waals surface area contributed by atoms with E-state index in [-0.39, 0.29) is 18.0 Å². The van der Waals surface area contributed by atoms with Crippen LogP contribution >= 0.6 is 0 Å². The number of nitrogens with zero attached hydrogens (tertiary/aromatic N) is 5. The third-order valence-electron chi connectivity index (χ3n) is 5.02. The molecule has 1 fully saturated rings. The molecule has 8 heteroatoms. The molecule has 138 valence electrons. The Balaban J connectivity index is 1.78. The van der Waals surface area contributed by atoms with E-state index in [9.17, 15) is 9.59 Å². The first-order valence-electron chi connectivity index (χ1n) is 9.06. The molecule has 2 aromatic heterocycles. The molecule has 26 heavy (non-hydrogen) atoms. The normalized spacial score (nSPS) is 16.8. The van der Waals surface area contributed by atoms with Gasteiger partial charge >= 0.3 is 0 Å². The third-order valence-corrected chi connectivity index (χ3v) is 5.02. The number of carbonyl (C=O) groups excluding carboxylic acids is 1. The minimum Gasteiger partial charge on any atom is -0.378 e. The van der Waals surface area contributed by atoms with Crippen molar-refractivity contribution in [2.45, 2.75) is 39.7 Å². The highest BCUT2D eigenvalue weighted by atomic mass is 16.5. The fourth-order valence-electron chi connectivity index (χ4n) is 3.70. The number of amides is 1. The standard InChI is InChI=1S/C18H23N5O3/c1-12-10-13(2)23(20-12)18-19-15-5-3-4-14(15)17(25)22(18)11-16(24)21-6-8-26-9-7-21/h10H,3-9,11H2,1-2H3. The Morgan fingerprint density at radius 1 is 1.23 bits per heavy atom. The molecule has 8 nitrogen and oxygen atoms in total. The van der Waals surface area contributed by atoms with Crippen LogP contribution in [0.25, 0.3) is 5.95 Å². The molecule has 1 aliphatic carbocycles. The number of rotatable bonds is 3. The van der Waals surface area contributed by atoms with Crippen molar-refractivity contribution in [2.75, 3.05) is 26.3 Å². The van der Waals surface area contributed by atoms with E-state index < -0.39 is 0 Å². The SMILES string of the molecule is Cc1cc(C)n(-c2nc3c(c(=O)n2CC(=O)N2CCOCC2)CCC3)n1. The zero-order valence-corrected chi connectivity index (χ0v) is 15.2. The topological polar surface area (TPSA) is 82.2 Å². The van der Waals surface area contributed by atoms with E-state index in [1.165, 1.54) is 4.57 Å². The number of fused-ring (bicyclic) bond motifs is 1. The second-order valence-electron chi connectivity index (χ2n) is 6.91. The number of hydrogen-bond acceptors (Lipinski definition) is 5. The maximum Gasteiger partial charge on any atom is 0.258 e. The maximum atomic E-state index is 13.1.